The van der Waals surface area contributed by atoms with Crippen LogP contribution in [0.5, 0.6) is 0 Å². The Hall–Kier alpha value is -0.450. The maximum atomic E-state index is 6.20. The Kier molecular flexibility index (Phi) is 3.67. The van der Waals surface area contributed by atoms with E-state index in [2.05, 4.69) is 6.92 Å². The Morgan fingerprint density at radius 3 is 2.68 bits per heavy atom. The van der Waals surface area contributed by atoms with E-state index in [-0.39, 0.29) is 11.6 Å². The monoisotopic (exact) mass is 280 g/mol. The van der Waals surface area contributed by atoms with E-state index in [1.807, 2.05) is 18.4 Å². The highest BCUT2D eigenvalue weighted by Crippen LogP contribution is 2.45. The second-order valence-electron chi connectivity index (χ2n) is 6.21. The van der Waals surface area contributed by atoms with Gasteiger partial charge in [-0.3, -0.25) is 0 Å². The SMILES string of the molecule is COC1(c2nc3c(s2)CCCC3N)CCC(C)CC1. The van der Waals surface area contributed by atoms with Crippen molar-refractivity contribution < 1.29 is 4.74 Å². The Labute approximate surface area is 119 Å². The summed E-state index contributed by atoms with van der Waals surface area (Å²) in [6.45, 7) is 2.34. The van der Waals surface area contributed by atoms with Crippen molar-refractivity contribution in [2.24, 2.45) is 11.7 Å². The van der Waals surface area contributed by atoms with Gasteiger partial charge < -0.3 is 10.5 Å². The molecule has 2 aliphatic carbocycles. The van der Waals surface area contributed by atoms with Crippen molar-refractivity contribution in [1.29, 1.82) is 0 Å². The van der Waals surface area contributed by atoms with Crippen LogP contribution in [0.25, 0.3) is 0 Å². The summed E-state index contributed by atoms with van der Waals surface area (Å²) < 4.78 is 5.93. The third-order valence-corrected chi connectivity index (χ3v) is 6.18. The van der Waals surface area contributed by atoms with Gasteiger partial charge in [0.15, 0.2) is 0 Å². The first-order valence-corrected chi connectivity index (χ1v) is 8.27. The Morgan fingerprint density at radius 2 is 2.05 bits per heavy atom. The molecule has 19 heavy (non-hydrogen) atoms. The molecular weight excluding hydrogens is 256 g/mol. The van der Waals surface area contributed by atoms with E-state index in [0.717, 1.165) is 37.3 Å². The lowest BCUT2D eigenvalue weighted by atomic mass is 9.80. The average molecular weight is 280 g/mol. The summed E-state index contributed by atoms with van der Waals surface area (Å²) in [4.78, 5) is 6.30. The molecular formula is C15H24N2OS. The predicted molar refractivity (Wildman–Crippen MR) is 78.3 cm³/mol. The number of methoxy groups -OCH3 is 1. The van der Waals surface area contributed by atoms with Gasteiger partial charge in [-0.2, -0.15) is 0 Å². The number of hydrogen-bond donors (Lipinski definition) is 1. The summed E-state index contributed by atoms with van der Waals surface area (Å²) >= 11 is 1.85. The fourth-order valence-electron chi connectivity index (χ4n) is 3.38. The Morgan fingerprint density at radius 1 is 1.32 bits per heavy atom. The fraction of sp³-hybridized carbons (Fsp3) is 0.800. The number of ether oxygens (including phenoxy) is 1. The molecule has 1 heterocycles. The number of fused-ring (bicyclic) bond motifs is 1. The van der Waals surface area contributed by atoms with Crippen LogP contribution in [-0.4, -0.2) is 12.1 Å². The predicted octanol–water partition coefficient (Wildman–Crippen LogP) is 3.53. The second-order valence-corrected chi connectivity index (χ2v) is 7.29. The second kappa shape index (κ2) is 5.15. The van der Waals surface area contributed by atoms with Gasteiger partial charge in [-0.25, -0.2) is 4.98 Å². The Bertz CT molecular complexity index is 449. The van der Waals surface area contributed by atoms with E-state index in [4.69, 9.17) is 15.5 Å². The van der Waals surface area contributed by atoms with E-state index < -0.39 is 0 Å². The average Bonchev–Trinajstić information content (AvgIpc) is 2.86. The van der Waals surface area contributed by atoms with E-state index in [9.17, 15) is 0 Å². The molecule has 0 bridgehead atoms. The standard InChI is InChI=1S/C15H24N2OS/c1-10-6-8-15(18-2,9-7-10)14-17-13-11(16)4-3-5-12(13)19-14/h10-11H,3-9,16H2,1-2H3. The van der Waals surface area contributed by atoms with Crippen molar-refractivity contribution >= 4 is 11.3 Å². The topological polar surface area (TPSA) is 48.1 Å². The summed E-state index contributed by atoms with van der Waals surface area (Å²) in [5.74, 6) is 0.820. The molecule has 4 heteroatoms. The molecule has 0 spiro atoms. The van der Waals surface area contributed by atoms with Gasteiger partial charge in [-0.15, -0.1) is 11.3 Å². The number of thiazole rings is 1. The van der Waals surface area contributed by atoms with Gasteiger partial charge >= 0.3 is 0 Å². The van der Waals surface area contributed by atoms with Gasteiger partial charge in [0.2, 0.25) is 0 Å². The Balaban J connectivity index is 1.92. The quantitative estimate of drug-likeness (QED) is 0.901. The summed E-state index contributed by atoms with van der Waals surface area (Å²) in [5.41, 5.74) is 7.22. The van der Waals surface area contributed by atoms with Gasteiger partial charge in [0.25, 0.3) is 0 Å². The summed E-state index contributed by atoms with van der Waals surface area (Å²) in [6, 6.07) is 0.144. The highest BCUT2D eigenvalue weighted by atomic mass is 32.1. The van der Waals surface area contributed by atoms with Crippen LogP contribution in [0.2, 0.25) is 0 Å². The van der Waals surface area contributed by atoms with Crippen LogP contribution in [0, 0.1) is 5.92 Å². The van der Waals surface area contributed by atoms with Crippen LogP contribution in [0.1, 0.15) is 67.1 Å². The molecule has 1 saturated carbocycles. The maximum absolute atomic E-state index is 6.20. The van der Waals surface area contributed by atoms with Crippen LogP contribution < -0.4 is 5.73 Å². The zero-order valence-corrected chi connectivity index (χ0v) is 12.8. The molecule has 0 aromatic carbocycles. The summed E-state index contributed by atoms with van der Waals surface area (Å²) in [7, 11) is 1.84. The molecule has 1 fully saturated rings. The van der Waals surface area contributed by atoms with E-state index in [0.29, 0.717) is 0 Å². The van der Waals surface area contributed by atoms with Gasteiger partial charge in [-0.05, 0) is 50.9 Å². The van der Waals surface area contributed by atoms with Crippen molar-refractivity contribution in [2.75, 3.05) is 7.11 Å². The minimum atomic E-state index is -0.131. The molecule has 0 amide bonds. The van der Waals surface area contributed by atoms with Crippen molar-refractivity contribution in [2.45, 2.75) is 63.5 Å². The first-order valence-electron chi connectivity index (χ1n) is 7.45. The van der Waals surface area contributed by atoms with E-state index in [1.165, 1.54) is 29.1 Å². The molecule has 3 rings (SSSR count). The lowest BCUT2D eigenvalue weighted by molar-refractivity contribution is -0.0532. The normalized spacial score (nSPS) is 35.1. The third-order valence-electron chi connectivity index (χ3n) is 4.86. The fourth-order valence-corrected chi connectivity index (χ4v) is 4.78. The van der Waals surface area contributed by atoms with Crippen LogP contribution in [0.4, 0.5) is 0 Å². The van der Waals surface area contributed by atoms with Crippen molar-refractivity contribution in [3.8, 4) is 0 Å². The molecule has 0 saturated heterocycles. The molecule has 2 N–H and O–H groups in total. The van der Waals surface area contributed by atoms with Crippen LogP contribution >= 0.6 is 11.3 Å². The molecule has 3 nitrogen and oxygen atoms in total. The smallest absolute Gasteiger partial charge is 0.125 e. The molecule has 1 aromatic heterocycles. The molecule has 1 atom stereocenters. The molecule has 0 radical (unpaired) electrons. The number of rotatable bonds is 2. The first kappa shape index (κ1) is 13.5. The zero-order valence-electron chi connectivity index (χ0n) is 11.9. The molecule has 1 aromatic rings. The number of nitrogens with two attached hydrogens (primary N) is 1. The highest BCUT2D eigenvalue weighted by molar-refractivity contribution is 7.11. The van der Waals surface area contributed by atoms with Crippen molar-refractivity contribution in [1.82, 2.24) is 4.98 Å². The summed E-state index contributed by atoms with van der Waals surface area (Å²) in [6.07, 6.45) is 8.11. The number of nitrogens with zero attached hydrogens (tertiary/aromatic N) is 1. The first-order chi connectivity index (χ1) is 9.14. The molecule has 1 unspecified atom stereocenters. The van der Waals surface area contributed by atoms with Crippen molar-refractivity contribution in [3.05, 3.63) is 15.6 Å². The van der Waals surface area contributed by atoms with Crippen molar-refractivity contribution in [3.63, 3.8) is 0 Å². The van der Waals surface area contributed by atoms with E-state index >= 15 is 0 Å². The van der Waals surface area contributed by atoms with Gasteiger partial charge in [0.1, 0.15) is 10.6 Å². The van der Waals surface area contributed by atoms with E-state index in [1.54, 1.807) is 0 Å². The minimum absolute atomic E-state index is 0.131. The highest BCUT2D eigenvalue weighted by Gasteiger charge is 2.40. The van der Waals surface area contributed by atoms with Gasteiger partial charge in [-0.1, -0.05) is 6.92 Å². The molecule has 0 aliphatic heterocycles. The number of hydrogen-bond acceptors (Lipinski definition) is 4. The van der Waals surface area contributed by atoms with Crippen LogP contribution in [0.15, 0.2) is 0 Å². The molecule has 106 valence electrons. The summed E-state index contributed by atoms with van der Waals surface area (Å²) in [5, 5.41) is 1.18. The largest absolute Gasteiger partial charge is 0.371 e. The van der Waals surface area contributed by atoms with Gasteiger partial charge in [0, 0.05) is 18.0 Å². The lowest BCUT2D eigenvalue weighted by Gasteiger charge is -2.36. The number of aryl methyl sites for hydroxylation is 1. The zero-order chi connectivity index (χ0) is 13.5. The van der Waals surface area contributed by atoms with Crippen LogP contribution in [-0.2, 0) is 16.8 Å². The minimum Gasteiger partial charge on any atom is -0.371 e. The number of aromatic nitrogens is 1. The van der Waals surface area contributed by atoms with Crippen LogP contribution in [0.3, 0.4) is 0 Å². The van der Waals surface area contributed by atoms with Gasteiger partial charge in [0.05, 0.1) is 5.69 Å². The lowest BCUT2D eigenvalue weighted by Crippen LogP contribution is -2.33. The maximum Gasteiger partial charge on any atom is 0.125 e. The molecule has 2 aliphatic rings. The third kappa shape index (κ3) is 2.34.